The van der Waals surface area contributed by atoms with Gasteiger partial charge < -0.3 is 4.90 Å². The third-order valence-electron chi connectivity index (χ3n) is 6.09. The predicted octanol–water partition coefficient (Wildman–Crippen LogP) is 5.20. The van der Waals surface area contributed by atoms with Crippen LogP contribution < -0.4 is 0 Å². The van der Waals surface area contributed by atoms with Crippen LogP contribution in [0.4, 0.5) is 0 Å². The van der Waals surface area contributed by atoms with Gasteiger partial charge >= 0.3 is 0 Å². The first-order valence-electron chi connectivity index (χ1n) is 9.59. The summed E-state index contributed by atoms with van der Waals surface area (Å²) >= 11 is 0. The third kappa shape index (κ3) is 3.62. The largest absolute Gasteiger partial charge is 0.301 e. The molecule has 4 rings (SSSR count). The second-order valence-corrected chi connectivity index (χ2v) is 7.73. The first kappa shape index (κ1) is 16.4. The molecule has 1 aliphatic carbocycles. The number of benzene rings is 2. The lowest BCUT2D eigenvalue weighted by atomic mass is 10.0. The van der Waals surface area contributed by atoms with Crippen LogP contribution in [-0.4, -0.2) is 24.0 Å². The van der Waals surface area contributed by atoms with Gasteiger partial charge in [0.05, 0.1) is 11.6 Å². The van der Waals surface area contributed by atoms with Gasteiger partial charge in [-0.3, -0.25) is 0 Å². The molecule has 2 heteroatoms. The van der Waals surface area contributed by atoms with E-state index >= 15 is 0 Å². The van der Waals surface area contributed by atoms with E-state index in [1.165, 1.54) is 55.5 Å². The number of nitriles is 1. The molecule has 1 heterocycles. The molecule has 0 N–H and O–H groups in total. The summed E-state index contributed by atoms with van der Waals surface area (Å²) in [6.07, 6.45) is 5.47. The number of rotatable bonds is 5. The summed E-state index contributed by atoms with van der Waals surface area (Å²) < 4.78 is 0. The fourth-order valence-electron chi connectivity index (χ4n) is 4.29. The third-order valence-corrected chi connectivity index (χ3v) is 6.09. The number of nitrogens with zero attached hydrogens (tertiary/aromatic N) is 2. The maximum Gasteiger partial charge on any atom is 0.0991 e. The topological polar surface area (TPSA) is 27.0 Å². The van der Waals surface area contributed by atoms with Crippen molar-refractivity contribution in [2.45, 2.75) is 44.6 Å². The Morgan fingerprint density at radius 2 is 1.72 bits per heavy atom. The van der Waals surface area contributed by atoms with Crippen molar-refractivity contribution in [3.63, 3.8) is 0 Å². The Balaban J connectivity index is 1.34. The van der Waals surface area contributed by atoms with Gasteiger partial charge in [-0.2, -0.15) is 5.26 Å². The average Bonchev–Trinajstić information content (AvgIpc) is 3.33. The zero-order valence-electron chi connectivity index (χ0n) is 15.0. The molecule has 2 nitrogen and oxygen atoms in total. The fourth-order valence-corrected chi connectivity index (χ4v) is 4.29. The van der Waals surface area contributed by atoms with Crippen molar-refractivity contribution in [3.05, 3.63) is 59.7 Å². The Hall–Kier alpha value is -2.11. The van der Waals surface area contributed by atoms with Crippen molar-refractivity contribution in [3.8, 4) is 17.2 Å². The molecular formula is C23H26N2. The van der Waals surface area contributed by atoms with Gasteiger partial charge in [0.15, 0.2) is 0 Å². The van der Waals surface area contributed by atoms with E-state index in [9.17, 15) is 0 Å². The average molecular weight is 330 g/mol. The van der Waals surface area contributed by atoms with Crippen molar-refractivity contribution in [2.75, 3.05) is 13.1 Å². The Labute approximate surface area is 151 Å². The number of likely N-dealkylation sites (tertiary alicyclic amines) is 1. The van der Waals surface area contributed by atoms with Gasteiger partial charge in [-0.15, -0.1) is 0 Å². The van der Waals surface area contributed by atoms with Crippen molar-refractivity contribution in [2.24, 2.45) is 5.92 Å². The summed E-state index contributed by atoms with van der Waals surface area (Å²) in [5, 5.41) is 8.90. The van der Waals surface area contributed by atoms with Crippen LogP contribution in [0.3, 0.4) is 0 Å². The lowest BCUT2D eigenvalue weighted by Crippen LogP contribution is -2.28. The maximum absolute atomic E-state index is 8.90. The van der Waals surface area contributed by atoms with Crippen molar-refractivity contribution in [1.82, 2.24) is 4.90 Å². The normalized spacial score (nSPS) is 25.7. The molecule has 1 aliphatic heterocycles. The molecule has 1 saturated heterocycles. The van der Waals surface area contributed by atoms with Gasteiger partial charge in [0.1, 0.15) is 0 Å². The Morgan fingerprint density at radius 1 is 1.04 bits per heavy atom. The van der Waals surface area contributed by atoms with E-state index in [2.05, 4.69) is 42.2 Å². The SMILES string of the molecule is C[C@@H]1CCCN1CC[C@@H]1C[C@@H]1c1ccc(-c2ccc(C#N)cc2)cc1. The van der Waals surface area contributed by atoms with Gasteiger partial charge in [0, 0.05) is 6.04 Å². The van der Waals surface area contributed by atoms with Crippen molar-refractivity contribution in [1.29, 1.82) is 5.26 Å². The molecule has 0 unspecified atom stereocenters. The van der Waals surface area contributed by atoms with Crippen LogP contribution in [0.5, 0.6) is 0 Å². The van der Waals surface area contributed by atoms with E-state index in [1.807, 2.05) is 24.3 Å². The summed E-state index contributed by atoms with van der Waals surface area (Å²) in [5.41, 5.74) is 4.63. The minimum absolute atomic E-state index is 0.716. The van der Waals surface area contributed by atoms with Gasteiger partial charge in [-0.05, 0) is 86.4 Å². The summed E-state index contributed by atoms with van der Waals surface area (Å²) in [5.74, 6) is 1.65. The molecule has 3 atom stereocenters. The molecule has 2 aromatic carbocycles. The molecule has 0 radical (unpaired) electrons. The highest BCUT2D eigenvalue weighted by atomic mass is 15.2. The standard InChI is InChI=1S/C23H26N2/c1-17-3-2-13-25(17)14-12-22-15-23(22)21-10-8-20(9-11-21)19-6-4-18(16-24)5-7-19/h4-11,17,22-23H,2-3,12-15H2,1H3/t17-,22-,23-/m1/s1. The van der Waals surface area contributed by atoms with E-state index in [0.29, 0.717) is 5.56 Å². The summed E-state index contributed by atoms with van der Waals surface area (Å²) in [7, 11) is 0. The molecule has 0 bridgehead atoms. The summed E-state index contributed by atoms with van der Waals surface area (Å²) in [6, 6.07) is 19.9. The molecule has 0 spiro atoms. The van der Waals surface area contributed by atoms with Gasteiger partial charge in [-0.1, -0.05) is 36.4 Å². The summed E-state index contributed by atoms with van der Waals surface area (Å²) in [4.78, 5) is 2.67. The zero-order chi connectivity index (χ0) is 17.2. The monoisotopic (exact) mass is 330 g/mol. The van der Waals surface area contributed by atoms with Gasteiger partial charge in [-0.25, -0.2) is 0 Å². The lowest BCUT2D eigenvalue weighted by Gasteiger charge is -2.20. The van der Waals surface area contributed by atoms with E-state index < -0.39 is 0 Å². The second-order valence-electron chi connectivity index (χ2n) is 7.73. The van der Waals surface area contributed by atoms with E-state index in [1.54, 1.807) is 0 Å². The van der Waals surface area contributed by atoms with Crippen LogP contribution in [0.15, 0.2) is 48.5 Å². The maximum atomic E-state index is 8.90. The summed E-state index contributed by atoms with van der Waals surface area (Å²) in [6.45, 7) is 4.96. The Kier molecular flexibility index (Phi) is 4.59. The highest BCUT2D eigenvalue weighted by molar-refractivity contribution is 5.64. The van der Waals surface area contributed by atoms with Gasteiger partial charge in [0.25, 0.3) is 0 Å². The molecule has 2 aliphatic rings. The quantitative estimate of drug-likeness (QED) is 0.753. The molecule has 2 fully saturated rings. The zero-order valence-corrected chi connectivity index (χ0v) is 15.0. The molecule has 25 heavy (non-hydrogen) atoms. The van der Waals surface area contributed by atoms with E-state index in [0.717, 1.165) is 17.9 Å². The van der Waals surface area contributed by atoms with E-state index in [-0.39, 0.29) is 0 Å². The predicted molar refractivity (Wildman–Crippen MR) is 102 cm³/mol. The molecule has 128 valence electrons. The van der Waals surface area contributed by atoms with Crippen molar-refractivity contribution < 1.29 is 0 Å². The molecule has 1 saturated carbocycles. The van der Waals surface area contributed by atoms with Crippen LogP contribution in [0.1, 0.15) is 49.7 Å². The number of hydrogen-bond donors (Lipinski definition) is 0. The Bertz CT molecular complexity index is 754. The van der Waals surface area contributed by atoms with Gasteiger partial charge in [0.2, 0.25) is 0 Å². The second kappa shape index (κ2) is 7.02. The Morgan fingerprint density at radius 3 is 2.32 bits per heavy atom. The van der Waals surface area contributed by atoms with Crippen LogP contribution in [0, 0.1) is 17.2 Å². The van der Waals surface area contributed by atoms with Crippen LogP contribution in [0.2, 0.25) is 0 Å². The molecule has 0 amide bonds. The fraction of sp³-hybridized carbons (Fsp3) is 0.435. The molecule has 2 aromatic rings. The van der Waals surface area contributed by atoms with Crippen LogP contribution >= 0.6 is 0 Å². The van der Waals surface area contributed by atoms with Crippen LogP contribution in [-0.2, 0) is 0 Å². The highest BCUT2D eigenvalue weighted by Crippen LogP contribution is 2.50. The minimum atomic E-state index is 0.716. The van der Waals surface area contributed by atoms with Crippen molar-refractivity contribution >= 4 is 0 Å². The lowest BCUT2D eigenvalue weighted by molar-refractivity contribution is 0.260. The van der Waals surface area contributed by atoms with Crippen LogP contribution in [0.25, 0.3) is 11.1 Å². The van der Waals surface area contributed by atoms with E-state index in [4.69, 9.17) is 5.26 Å². The molecule has 0 aromatic heterocycles. The first-order valence-corrected chi connectivity index (χ1v) is 9.59. The minimum Gasteiger partial charge on any atom is -0.301 e. The smallest absolute Gasteiger partial charge is 0.0991 e. The number of hydrogen-bond acceptors (Lipinski definition) is 2. The highest BCUT2D eigenvalue weighted by Gasteiger charge is 2.38. The molecular weight excluding hydrogens is 304 g/mol. The first-order chi connectivity index (χ1) is 12.2.